The van der Waals surface area contributed by atoms with Gasteiger partial charge in [0.1, 0.15) is 6.61 Å². The standard InChI is InChI=1S/C51H92NO8P/c1-3-5-7-9-11-13-15-17-18-19-20-21-22-23-24-25-26-27-28-29-30-32-34-36-38-40-42-44-51(54)60-49(48-59-61(55,56)58-46-45-52)47-57-50(53)43-41-39-37-35-33-31-16-14-12-10-8-6-4-2/h8,10,14-17,19-20,22-23,49H,3-7,9,11-13,18,21,24-48,52H2,1-2H3,(H,55,56)/b10-8-,16-14-,17-15-,20-19-,23-22-. The Labute approximate surface area is 374 Å². The molecular weight excluding hydrogens is 786 g/mol. The van der Waals surface area contributed by atoms with Gasteiger partial charge < -0.3 is 20.1 Å². The molecule has 0 amide bonds. The molecule has 0 bridgehead atoms. The molecule has 0 heterocycles. The molecule has 0 saturated carbocycles. The Morgan fingerprint density at radius 1 is 0.492 bits per heavy atom. The molecule has 0 aliphatic rings. The van der Waals surface area contributed by atoms with Crippen LogP contribution < -0.4 is 5.73 Å². The molecule has 0 aromatic heterocycles. The number of hydrogen-bond donors (Lipinski definition) is 2. The lowest BCUT2D eigenvalue weighted by Gasteiger charge is -2.19. The third kappa shape index (κ3) is 47.0. The van der Waals surface area contributed by atoms with Gasteiger partial charge in [0.25, 0.3) is 0 Å². The average Bonchev–Trinajstić information content (AvgIpc) is 3.25. The van der Waals surface area contributed by atoms with E-state index >= 15 is 0 Å². The minimum Gasteiger partial charge on any atom is -0.462 e. The van der Waals surface area contributed by atoms with Crippen LogP contribution in [0, 0.1) is 0 Å². The van der Waals surface area contributed by atoms with Crippen LogP contribution in [0.4, 0.5) is 0 Å². The summed E-state index contributed by atoms with van der Waals surface area (Å²) < 4.78 is 32.8. The molecule has 10 heteroatoms. The molecule has 0 saturated heterocycles. The maximum absolute atomic E-state index is 12.6. The van der Waals surface area contributed by atoms with Crippen molar-refractivity contribution in [3.63, 3.8) is 0 Å². The van der Waals surface area contributed by atoms with Crippen molar-refractivity contribution in [3.8, 4) is 0 Å². The maximum Gasteiger partial charge on any atom is 0.472 e. The Bertz CT molecular complexity index is 1180. The normalized spacial score (nSPS) is 13.7. The molecule has 2 atom stereocenters. The van der Waals surface area contributed by atoms with Gasteiger partial charge in [-0.25, -0.2) is 4.57 Å². The van der Waals surface area contributed by atoms with Gasteiger partial charge in [-0.2, -0.15) is 0 Å². The first-order valence-corrected chi connectivity index (χ1v) is 26.3. The third-order valence-corrected chi connectivity index (χ3v) is 11.3. The number of rotatable bonds is 46. The van der Waals surface area contributed by atoms with Gasteiger partial charge >= 0.3 is 19.8 Å². The van der Waals surface area contributed by atoms with Gasteiger partial charge in [-0.05, 0) is 77.0 Å². The molecule has 0 spiro atoms. The third-order valence-electron chi connectivity index (χ3n) is 10.4. The second-order valence-electron chi connectivity index (χ2n) is 16.3. The number of carbonyl (C=O) groups excluding carboxylic acids is 2. The highest BCUT2D eigenvalue weighted by Gasteiger charge is 2.26. The van der Waals surface area contributed by atoms with Crippen LogP contribution in [0.5, 0.6) is 0 Å². The molecule has 61 heavy (non-hydrogen) atoms. The van der Waals surface area contributed by atoms with Crippen LogP contribution in [-0.2, 0) is 32.7 Å². The minimum atomic E-state index is -4.38. The summed E-state index contributed by atoms with van der Waals surface area (Å²) in [5, 5.41) is 0. The highest BCUT2D eigenvalue weighted by Crippen LogP contribution is 2.43. The second-order valence-corrected chi connectivity index (χ2v) is 17.8. The molecule has 0 rings (SSSR count). The fraction of sp³-hybridized carbons (Fsp3) is 0.765. The van der Waals surface area contributed by atoms with E-state index < -0.39 is 32.5 Å². The first-order chi connectivity index (χ1) is 29.8. The van der Waals surface area contributed by atoms with Crippen molar-refractivity contribution < 1.29 is 37.6 Å². The SMILES string of the molecule is CCC/C=C\C/C=C\CCCCCCCC(=O)OCC(COP(=O)(O)OCCN)OC(=O)CCCCCCCCCCCCCC/C=C\C/C=C\C/C=C\CCCCCCC. The Morgan fingerprint density at radius 3 is 1.33 bits per heavy atom. The van der Waals surface area contributed by atoms with Gasteiger partial charge in [0.05, 0.1) is 13.2 Å². The molecule has 0 aromatic carbocycles. The highest BCUT2D eigenvalue weighted by atomic mass is 31.2. The fourth-order valence-electron chi connectivity index (χ4n) is 6.68. The summed E-state index contributed by atoms with van der Waals surface area (Å²) in [6.45, 7) is 3.64. The van der Waals surface area contributed by atoms with Crippen LogP contribution in [0.2, 0.25) is 0 Å². The van der Waals surface area contributed by atoms with Crippen LogP contribution >= 0.6 is 7.82 Å². The number of unbranched alkanes of at least 4 members (excludes halogenated alkanes) is 23. The quantitative estimate of drug-likeness (QED) is 0.0265. The molecule has 0 fully saturated rings. The number of esters is 2. The number of allylic oxidation sites excluding steroid dienone is 10. The van der Waals surface area contributed by atoms with E-state index in [-0.39, 0.29) is 32.6 Å². The molecular formula is C51H92NO8P. The lowest BCUT2D eigenvalue weighted by molar-refractivity contribution is -0.161. The fourth-order valence-corrected chi connectivity index (χ4v) is 7.45. The van der Waals surface area contributed by atoms with Crippen LogP contribution in [0.15, 0.2) is 60.8 Å². The zero-order valence-electron chi connectivity index (χ0n) is 39.1. The van der Waals surface area contributed by atoms with Crippen molar-refractivity contribution in [3.05, 3.63) is 60.8 Å². The van der Waals surface area contributed by atoms with E-state index in [9.17, 15) is 19.0 Å². The summed E-state index contributed by atoms with van der Waals surface area (Å²) in [5.74, 6) is -0.847. The summed E-state index contributed by atoms with van der Waals surface area (Å²) >= 11 is 0. The summed E-state index contributed by atoms with van der Waals surface area (Å²) in [4.78, 5) is 35.0. The lowest BCUT2D eigenvalue weighted by Crippen LogP contribution is -2.29. The topological polar surface area (TPSA) is 134 Å². The number of hydrogen-bond acceptors (Lipinski definition) is 8. The van der Waals surface area contributed by atoms with Crippen molar-refractivity contribution in [2.45, 2.75) is 225 Å². The average molecular weight is 878 g/mol. The van der Waals surface area contributed by atoms with E-state index in [1.54, 1.807) is 0 Å². The van der Waals surface area contributed by atoms with Crippen molar-refractivity contribution in [2.24, 2.45) is 5.73 Å². The summed E-state index contributed by atoms with van der Waals surface area (Å²) in [5.41, 5.74) is 5.36. The number of phosphoric ester groups is 1. The van der Waals surface area contributed by atoms with Crippen molar-refractivity contribution in [1.29, 1.82) is 0 Å². The lowest BCUT2D eigenvalue weighted by atomic mass is 10.0. The molecule has 0 aliphatic carbocycles. The van der Waals surface area contributed by atoms with Crippen LogP contribution in [0.3, 0.4) is 0 Å². The van der Waals surface area contributed by atoms with Crippen molar-refractivity contribution in [1.82, 2.24) is 0 Å². The van der Waals surface area contributed by atoms with Gasteiger partial charge in [0.15, 0.2) is 6.10 Å². The van der Waals surface area contributed by atoms with E-state index in [1.807, 2.05) is 0 Å². The minimum absolute atomic E-state index is 0.0492. The first-order valence-electron chi connectivity index (χ1n) is 24.8. The molecule has 0 radical (unpaired) electrons. The summed E-state index contributed by atoms with van der Waals surface area (Å²) in [7, 11) is -4.38. The molecule has 9 nitrogen and oxygen atoms in total. The smallest absolute Gasteiger partial charge is 0.462 e. The van der Waals surface area contributed by atoms with E-state index in [2.05, 4.69) is 74.6 Å². The van der Waals surface area contributed by atoms with Crippen LogP contribution in [0.25, 0.3) is 0 Å². The van der Waals surface area contributed by atoms with E-state index in [0.29, 0.717) is 12.8 Å². The molecule has 2 unspecified atom stereocenters. The predicted molar refractivity (Wildman–Crippen MR) is 256 cm³/mol. The molecule has 354 valence electrons. The van der Waals surface area contributed by atoms with Crippen LogP contribution in [-0.4, -0.2) is 49.3 Å². The largest absolute Gasteiger partial charge is 0.472 e. The number of phosphoric acid groups is 1. The first kappa shape index (κ1) is 58.7. The van der Waals surface area contributed by atoms with Gasteiger partial charge in [0.2, 0.25) is 0 Å². The Kier molecular flexibility index (Phi) is 45.4. The van der Waals surface area contributed by atoms with E-state index in [1.165, 1.54) is 103 Å². The van der Waals surface area contributed by atoms with Gasteiger partial charge in [-0.1, -0.05) is 190 Å². The second kappa shape index (κ2) is 47.2. The van der Waals surface area contributed by atoms with E-state index in [4.69, 9.17) is 24.3 Å². The Morgan fingerprint density at radius 2 is 0.885 bits per heavy atom. The van der Waals surface area contributed by atoms with Crippen LogP contribution in [0.1, 0.15) is 219 Å². The Balaban J connectivity index is 4.02. The zero-order valence-corrected chi connectivity index (χ0v) is 40.0. The Hall–Kier alpha value is -2.29. The molecule has 0 aromatic rings. The number of ether oxygens (including phenoxy) is 2. The monoisotopic (exact) mass is 878 g/mol. The maximum atomic E-state index is 12.6. The van der Waals surface area contributed by atoms with E-state index in [0.717, 1.165) is 77.0 Å². The number of nitrogens with two attached hydrogens (primary N) is 1. The van der Waals surface area contributed by atoms with Gasteiger partial charge in [-0.3, -0.25) is 18.6 Å². The van der Waals surface area contributed by atoms with Gasteiger partial charge in [-0.15, -0.1) is 0 Å². The molecule has 0 aliphatic heterocycles. The zero-order chi connectivity index (χ0) is 44.6. The predicted octanol–water partition coefficient (Wildman–Crippen LogP) is 14.8. The van der Waals surface area contributed by atoms with Crippen molar-refractivity contribution >= 4 is 19.8 Å². The van der Waals surface area contributed by atoms with Gasteiger partial charge in [0, 0.05) is 19.4 Å². The highest BCUT2D eigenvalue weighted by molar-refractivity contribution is 7.47. The van der Waals surface area contributed by atoms with Crippen molar-refractivity contribution in [2.75, 3.05) is 26.4 Å². The summed E-state index contributed by atoms with van der Waals surface area (Å²) in [6, 6.07) is 0. The molecule has 3 N–H and O–H groups in total. The number of carbonyl (C=O) groups is 2. The summed E-state index contributed by atoms with van der Waals surface area (Å²) in [6.07, 6.45) is 56.9.